The van der Waals surface area contributed by atoms with E-state index in [1.54, 1.807) is 0 Å². The first-order valence-electron chi connectivity index (χ1n) is 13.9. The zero-order chi connectivity index (χ0) is 21.7. The molecule has 0 nitrogen and oxygen atoms in total. The monoisotopic (exact) mass is 412 g/mol. The minimum atomic E-state index is 0.548. The van der Waals surface area contributed by atoms with Gasteiger partial charge in [-0.15, -0.1) is 0 Å². The standard InChI is InChI=1S/C30H52/c1-8-23(20(2)3)10-9-22(5)26-13-14-27-25-12-11-24-19-21(4)15-17-29(24,6)28(25)16-18-30(26,27)7/h11,20-23,25-28H,8-10,12-19H2,1-7H3/t21-,22+,23+,25-,26+,27-,28-,29-,30+/m0/s1. The van der Waals surface area contributed by atoms with Crippen molar-refractivity contribution in [1.29, 1.82) is 0 Å². The molecule has 0 heterocycles. The number of fused-ring (bicyclic) bond motifs is 5. The normalized spacial score (nSPS) is 45.3. The summed E-state index contributed by atoms with van der Waals surface area (Å²) in [6, 6.07) is 0. The predicted octanol–water partition coefficient (Wildman–Crippen LogP) is 9.30. The molecular weight excluding hydrogens is 360 g/mol. The Bertz CT molecular complexity index is 628. The van der Waals surface area contributed by atoms with Gasteiger partial charge in [0.2, 0.25) is 0 Å². The van der Waals surface area contributed by atoms with Crippen molar-refractivity contribution in [3.05, 3.63) is 11.6 Å². The Morgan fingerprint density at radius 3 is 2.43 bits per heavy atom. The largest absolute Gasteiger partial charge is 0.0845 e. The van der Waals surface area contributed by atoms with E-state index in [9.17, 15) is 0 Å². The molecule has 0 aromatic heterocycles. The van der Waals surface area contributed by atoms with Gasteiger partial charge in [0.1, 0.15) is 0 Å². The number of rotatable bonds is 6. The van der Waals surface area contributed by atoms with Gasteiger partial charge in [-0.05, 0) is 116 Å². The van der Waals surface area contributed by atoms with Gasteiger partial charge in [-0.2, -0.15) is 0 Å². The second-order valence-electron chi connectivity index (χ2n) is 13.3. The van der Waals surface area contributed by atoms with Crippen LogP contribution in [0.5, 0.6) is 0 Å². The highest BCUT2D eigenvalue weighted by molar-refractivity contribution is 5.25. The van der Waals surface area contributed by atoms with Crippen LogP contribution < -0.4 is 0 Å². The van der Waals surface area contributed by atoms with E-state index in [0.29, 0.717) is 10.8 Å². The molecule has 4 rings (SSSR count). The van der Waals surface area contributed by atoms with Crippen molar-refractivity contribution in [1.82, 2.24) is 0 Å². The Labute approximate surface area is 189 Å². The van der Waals surface area contributed by atoms with E-state index in [1.165, 1.54) is 70.6 Å². The fourth-order valence-corrected chi connectivity index (χ4v) is 9.51. The molecule has 172 valence electrons. The molecule has 0 radical (unpaired) electrons. The number of hydrogen-bond acceptors (Lipinski definition) is 0. The molecule has 0 unspecified atom stereocenters. The third-order valence-electron chi connectivity index (χ3n) is 11.6. The van der Waals surface area contributed by atoms with E-state index in [4.69, 9.17) is 0 Å². The van der Waals surface area contributed by atoms with E-state index in [2.05, 4.69) is 54.5 Å². The minimum absolute atomic E-state index is 0.548. The maximum absolute atomic E-state index is 2.76. The van der Waals surface area contributed by atoms with Crippen LogP contribution >= 0.6 is 0 Å². The molecule has 0 aromatic rings. The molecule has 4 aliphatic carbocycles. The van der Waals surface area contributed by atoms with E-state index < -0.39 is 0 Å². The summed E-state index contributed by atoms with van der Waals surface area (Å²) < 4.78 is 0. The summed E-state index contributed by atoms with van der Waals surface area (Å²) in [4.78, 5) is 0. The van der Waals surface area contributed by atoms with Gasteiger partial charge >= 0.3 is 0 Å². The lowest BCUT2D eigenvalue weighted by Crippen LogP contribution is -2.50. The highest BCUT2D eigenvalue weighted by Crippen LogP contribution is 2.67. The molecule has 0 aliphatic heterocycles. The Balaban J connectivity index is 1.47. The molecule has 4 aliphatic rings. The number of hydrogen-bond donors (Lipinski definition) is 0. The minimum Gasteiger partial charge on any atom is -0.0845 e. The summed E-state index contributed by atoms with van der Waals surface area (Å²) in [7, 11) is 0. The molecular formula is C30H52. The van der Waals surface area contributed by atoms with Gasteiger partial charge in [-0.3, -0.25) is 0 Å². The van der Waals surface area contributed by atoms with Gasteiger partial charge in [-0.1, -0.05) is 73.0 Å². The van der Waals surface area contributed by atoms with E-state index in [0.717, 1.165) is 47.3 Å². The fraction of sp³-hybridized carbons (Fsp3) is 0.933. The lowest BCUT2D eigenvalue weighted by molar-refractivity contribution is -0.0525. The topological polar surface area (TPSA) is 0 Å². The van der Waals surface area contributed by atoms with Gasteiger partial charge in [-0.25, -0.2) is 0 Å². The quantitative estimate of drug-likeness (QED) is 0.381. The second-order valence-corrected chi connectivity index (χ2v) is 13.3. The van der Waals surface area contributed by atoms with Crippen molar-refractivity contribution >= 4 is 0 Å². The van der Waals surface area contributed by atoms with Crippen molar-refractivity contribution in [2.45, 2.75) is 119 Å². The molecule has 0 amide bonds. The molecule has 0 saturated heterocycles. The van der Waals surface area contributed by atoms with Crippen LogP contribution in [0.15, 0.2) is 11.6 Å². The molecule has 0 bridgehead atoms. The molecule has 0 aromatic carbocycles. The van der Waals surface area contributed by atoms with Crippen molar-refractivity contribution < 1.29 is 0 Å². The van der Waals surface area contributed by atoms with Crippen molar-refractivity contribution in [2.24, 2.45) is 58.2 Å². The van der Waals surface area contributed by atoms with Crippen molar-refractivity contribution in [2.75, 3.05) is 0 Å². The van der Waals surface area contributed by atoms with Crippen LogP contribution in [0.4, 0.5) is 0 Å². The lowest BCUT2D eigenvalue weighted by Gasteiger charge is -2.58. The van der Waals surface area contributed by atoms with Crippen molar-refractivity contribution in [3.63, 3.8) is 0 Å². The SMILES string of the molecule is CC[C@H](CC[C@@H](C)[C@H]1CC[C@H]2[C@@H]3CC=C4C[C@@H](C)CC[C@]4(C)[C@H]3CC[C@]12C)C(C)C. The highest BCUT2D eigenvalue weighted by Gasteiger charge is 2.58. The van der Waals surface area contributed by atoms with Gasteiger partial charge in [0, 0.05) is 0 Å². The van der Waals surface area contributed by atoms with Crippen LogP contribution in [-0.4, -0.2) is 0 Å². The average molecular weight is 413 g/mol. The van der Waals surface area contributed by atoms with Gasteiger partial charge in [0.25, 0.3) is 0 Å². The van der Waals surface area contributed by atoms with E-state index in [1.807, 2.05) is 5.57 Å². The zero-order valence-electron chi connectivity index (χ0n) is 21.5. The van der Waals surface area contributed by atoms with Crippen LogP contribution in [0.3, 0.4) is 0 Å². The Morgan fingerprint density at radius 2 is 1.73 bits per heavy atom. The Kier molecular flexibility index (Phi) is 6.56. The first-order valence-corrected chi connectivity index (χ1v) is 13.9. The lowest BCUT2D eigenvalue weighted by atomic mass is 9.46. The maximum atomic E-state index is 2.76. The average Bonchev–Trinajstić information content (AvgIpc) is 3.06. The molecule has 0 spiro atoms. The zero-order valence-corrected chi connectivity index (χ0v) is 21.5. The summed E-state index contributed by atoms with van der Waals surface area (Å²) in [6.07, 6.45) is 18.9. The molecule has 30 heavy (non-hydrogen) atoms. The van der Waals surface area contributed by atoms with Crippen LogP contribution in [0.2, 0.25) is 0 Å². The van der Waals surface area contributed by atoms with Crippen molar-refractivity contribution in [3.8, 4) is 0 Å². The first kappa shape index (κ1) is 22.9. The predicted molar refractivity (Wildman–Crippen MR) is 131 cm³/mol. The highest BCUT2D eigenvalue weighted by atomic mass is 14.6. The Hall–Kier alpha value is -0.260. The third kappa shape index (κ3) is 3.75. The van der Waals surface area contributed by atoms with Gasteiger partial charge in [0.15, 0.2) is 0 Å². The van der Waals surface area contributed by atoms with Gasteiger partial charge < -0.3 is 0 Å². The summed E-state index contributed by atoms with van der Waals surface area (Å²) in [5.74, 6) is 7.59. The van der Waals surface area contributed by atoms with E-state index >= 15 is 0 Å². The Morgan fingerprint density at radius 1 is 0.967 bits per heavy atom. The van der Waals surface area contributed by atoms with Crippen LogP contribution in [0.1, 0.15) is 119 Å². The molecule has 9 atom stereocenters. The molecule has 3 fully saturated rings. The van der Waals surface area contributed by atoms with Crippen LogP contribution in [0, 0.1) is 58.2 Å². The maximum Gasteiger partial charge on any atom is -0.00851 e. The first-order chi connectivity index (χ1) is 14.2. The summed E-state index contributed by atoms with van der Waals surface area (Å²) >= 11 is 0. The van der Waals surface area contributed by atoms with Crippen LogP contribution in [-0.2, 0) is 0 Å². The fourth-order valence-electron chi connectivity index (χ4n) is 9.51. The van der Waals surface area contributed by atoms with E-state index in [-0.39, 0.29) is 0 Å². The smallest absolute Gasteiger partial charge is 0.00851 e. The number of allylic oxidation sites excluding steroid dienone is 2. The third-order valence-corrected chi connectivity index (χ3v) is 11.6. The van der Waals surface area contributed by atoms with Gasteiger partial charge in [0.05, 0.1) is 0 Å². The second kappa shape index (κ2) is 8.59. The van der Waals surface area contributed by atoms with Crippen LogP contribution in [0.25, 0.3) is 0 Å². The summed E-state index contributed by atoms with van der Waals surface area (Å²) in [6.45, 7) is 17.8. The molecule has 0 N–H and O–H groups in total. The summed E-state index contributed by atoms with van der Waals surface area (Å²) in [5.41, 5.74) is 3.05. The molecule has 3 saturated carbocycles. The molecule has 0 heteroatoms. The summed E-state index contributed by atoms with van der Waals surface area (Å²) in [5, 5.41) is 0.